The van der Waals surface area contributed by atoms with E-state index >= 15 is 0 Å². The van der Waals surface area contributed by atoms with Gasteiger partial charge in [-0.25, -0.2) is 0 Å². The molecule has 5 heteroatoms. The second kappa shape index (κ2) is 6.48. The predicted molar refractivity (Wildman–Crippen MR) is 89.1 cm³/mol. The molecule has 22 heavy (non-hydrogen) atoms. The van der Waals surface area contributed by atoms with E-state index in [0.29, 0.717) is 0 Å². The number of aryl methyl sites for hydroxylation is 3. The molecule has 5 nitrogen and oxygen atoms in total. The van der Waals surface area contributed by atoms with Crippen molar-refractivity contribution in [1.29, 1.82) is 0 Å². The lowest BCUT2D eigenvalue weighted by atomic mass is 10.2. The summed E-state index contributed by atoms with van der Waals surface area (Å²) in [6.45, 7) is 12.6. The molecule has 1 saturated heterocycles. The Morgan fingerprint density at radius 2 is 1.91 bits per heavy atom. The van der Waals surface area contributed by atoms with Crippen LogP contribution in [0.15, 0.2) is 24.5 Å². The van der Waals surface area contributed by atoms with Gasteiger partial charge in [-0.05, 0) is 38.5 Å². The first-order valence-electron chi connectivity index (χ1n) is 8.08. The van der Waals surface area contributed by atoms with Gasteiger partial charge in [-0.3, -0.25) is 14.6 Å². The minimum Gasteiger partial charge on any atom is -0.369 e. The van der Waals surface area contributed by atoms with Crippen LogP contribution in [0.4, 0.5) is 5.69 Å². The Kier molecular flexibility index (Phi) is 4.43. The maximum atomic E-state index is 4.54. The number of piperazine rings is 1. The summed E-state index contributed by atoms with van der Waals surface area (Å²) in [5.41, 5.74) is 5.02. The fraction of sp³-hybridized carbons (Fsp3) is 0.529. The third-order valence-electron chi connectivity index (χ3n) is 4.37. The van der Waals surface area contributed by atoms with Crippen LogP contribution in [0.2, 0.25) is 0 Å². The molecule has 1 aliphatic heterocycles. The number of aromatic nitrogens is 3. The monoisotopic (exact) mass is 299 g/mol. The maximum Gasteiger partial charge on any atom is 0.0597 e. The molecule has 0 radical (unpaired) electrons. The van der Waals surface area contributed by atoms with Crippen molar-refractivity contribution < 1.29 is 0 Å². The quantitative estimate of drug-likeness (QED) is 0.867. The minimum atomic E-state index is 0.944. The van der Waals surface area contributed by atoms with E-state index in [1.54, 1.807) is 0 Å². The smallest absolute Gasteiger partial charge is 0.0597 e. The highest BCUT2D eigenvalue weighted by Crippen LogP contribution is 2.20. The van der Waals surface area contributed by atoms with E-state index in [2.05, 4.69) is 57.5 Å². The number of pyridine rings is 1. The molecule has 0 N–H and O–H groups in total. The molecule has 0 aliphatic carbocycles. The first kappa shape index (κ1) is 15.0. The zero-order valence-corrected chi connectivity index (χ0v) is 13.8. The van der Waals surface area contributed by atoms with E-state index in [0.717, 1.165) is 45.0 Å². The summed E-state index contributed by atoms with van der Waals surface area (Å²) in [4.78, 5) is 9.18. The van der Waals surface area contributed by atoms with Crippen molar-refractivity contribution in [3.63, 3.8) is 0 Å². The van der Waals surface area contributed by atoms with Crippen molar-refractivity contribution in [1.82, 2.24) is 19.7 Å². The fourth-order valence-electron chi connectivity index (χ4n) is 3.20. The molecular weight excluding hydrogens is 274 g/mol. The van der Waals surface area contributed by atoms with E-state index in [-0.39, 0.29) is 0 Å². The molecule has 2 aromatic heterocycles. The molecule has 3 heterocycles. The molecule has 0 aromatic carbocycles. The molecule has 0 saturated carbocycles. The molecule has 0 spiro atoms. The van der Waals surface area contributed by atoms with Crippen LogP contribution in [0, 0.1) is 13.8 Å². The molecule has 0 bridgehead atoms. The van der Waals surface area contributed by atoms with Crippen LogP contribution in [-0.2, 0) is 13.1 Å². The van der Waals surface area contributed by atoms with Crippen molar-refractivity contribution >= 4 is 5.69 Å². The molecule has 118 valence electrons. The molecule has 0 atom stereocenters. The molecule has 0 amide bonds. The average molecular weight is 299 g/mol. The van der Waals surface area contributed by atoms with Crippen molar-refractivity contribution in [2.24, 2.45) is 0 Å². The second-order valence-corrected chi connectivity index (χ2v) is 6.02. The standard InChI is InChI=1S/C17H25N5/c1-4-22-16(11-15(3)19-22)13-20-7-9-21(10-8-20)17-5-6-18-12-14(17)2/h5-6,11-12H,4,7-10,13H2,1-3H3. The van der Waals surface area contributed by atoms with Crippen LogP contribution in [0.1, 0.15) is 23.9 Å². The summed E-state index contributed by atoms with van der Waals surface area (Å²) >= 11 is 0. The summed E-state index contributed by atoms with van der Waals surface area (Å²) in [6, 6.07) is 4.34. The van der Waals surface area contributed by atoms with Crippen LogP contribution in [0.25, 0.3) is 0 Å². The van der Waals surface area contributed by atoms with Crippen LogP contribution in [0.3, 0.4) is 0 Å². The zero-order valence-electron chi connectivity index (χ0n) is 13.8. The first-order chi connectivity index (χ1) is 10.7. The van der Waals surface area contributed by atoms with Gasteiger partial charge in [-0.1, -0.05) is 0 Å². The van der Waals surface area contributed by atoms with E-state index in [1.165, 1.54) is 16.9 Å². The predicted octanol–water partition coefficient (Wildman–Crippen LogP) is 2.24. The third kappa shape index (κ3) is 3.14. The Balaban J connectivity index is 1.61. The molecule has 1 aliphatic rings. The number of anilines is 1. The molecule has 3 rings (SSSR count). The van der Waals surface area contributed by atoms with Gasteiger partial charge in [-0.15, -0.1) is 0 Å². The number of hydrogen-bond acceptors (Lipinski definition) is 4. The Bertz CT molecular complexity index is 626. The molecule has 0 unspecified atom stereocenters. The number of hydrogen-bond donors (Lipinski definition) is 0. The van der Waals surface area contributed by atoms with Gasteiger partial charge in [0.1, 0.15) is 0 Å². The van der Waals surface area contributed by atoms with Crippen LogP contribution in [-0.4, -0.2) is 45.8 Å². The second-order valence-electron chi connectivity index (χ2n) is 6.02. The van der Waals surface area contributed by atoms with Crippen molar-refractivity contribution in [3.05, 3.63) is 41.5 Å². The zero-order chi connectivity index (χ0) is 15.5. The van der Waals surface area contributed by atoms with Crippen molar-refractivity contribution in [2.75, 3.05) is 31.1 Å². The normalized spacial score (nSPS) is 16.2. The van der Waals surface area contributed by atoms with E-state index in [9.17, 15) is 0 Å². The summed E-state index contributed by atoms with van der Waals surface area (Å²) in [5, 5.41) is 4.54. The lowest BCUT2D eigenvalue weighted by molar-refractivity contribution is 0.242. The highest BCUT2D eigenvalue weighted by atomic mass is 15.3. The highest BCUT2D eigenvalue weighted by Gasteiger charge is 2.19. The Hall–Kier alpha value is -1.88. The van der Waals surface area contributed by atoms with E-state index in [1.807, 2.05) is 12.4 Å². The highest BCUT2D eigenvalue weighted by molar-refractivity contribution is 5.51. The maximum absolute atomic E-state index is 4.54. The van der Waals surface area contributed by atoms with Crippen molar-refractivity contribution in [2.45, 2.75) is 33.9 Å². The van der Waals surface area contributed by atoms with Gasteiger partial charge >= 0.3 is 0 Å². The minimum absolute atomic E-state index is 0.944. The summed E-state index contributed by atoms with van der Waals surface area (Å²) in [6.07, 6.45) is 3.83. The van der Waals surface area contributed by atoms with Gasteiger partial charge in [0, 0.05) is 57.3 Å². The largest absolute Gasteiger partial charge is 0.369 e. The first-order valence-corrected chi connectivity index (χ1v) is 8.08. The Labute approximate surface area is 132 Å². The topological polar surface area (TPSA) is 37.2 Å². The Morgan fingerprint density at radius 3 is 2.59 bits per heavy atom. The Morgan fingerprint density at radius 1 is 1.14 bits per heavy atom. The van der Waals surface area contributed by atoms with Crippen molar-refractivity contribution in [3.8, 4) is 0 Å². The van der Waals surface area contributed by atoms with Gasteiger partial charge in [0.15, 0.2) is 0 Å². The summed E-state index contributed by atoms with van der Waals surface area (Å²) < 4.78 is 2.12. The van der Waals surface area contributed by atoms with E-state index < -0.39 is 0 Å². The SMILES string of the molecule is CCn1nc(C)cc1CN1CCN(c2ccncc2C)CC1. The molecule has 1 fully saturated rings. The van der Waals surface area contributed by atoms with Crippen LogP contribution < -0.4 is 4.90 Å². The van der Waals surface area contributed by atoms with E-state index in [4.69, 9.17) is 0 Å². The van der Waals surface area contributed by atoms with Gasteiger partial charge in [0.2, 0.25) is 0 Å². The summed E-state index contributed by atoms with van der Waals surface area (Å²) in [5.74, 6) is 0. The van der Waals surface area contributed by atoms with Crippen LogP contribution in [0.5, 0.6) is 0 Å². The molecular formula is C17H25N5. The van der Waals surface area contributed by atoms with Gasteiger partial charge in [-0.2, -0.15) is 5.10 Å². The average Bonchev–Trinajstić information content (AvgIpc) is 2.88. The van der Waals surface area contributed by atoms with Crippen LogP contribution >= 0.6 is 0 Å². The third-order valence-corrected chi connectivity index (χ3v) is 4.37. The van der Waals surface area contributed by atoms with Gasteiger partial charge < -0.3 is 4.90 Å². The molecule has 2 aromatic rings. The van der Waals surface area contributed by atoms with Gasteiger partial charge in [0.25, 0.3) is 0 Å². The lowest BCUT2D eigenvalue weighted by Gasteiger charge is -2.36. The van der Waals surface area contributed by atoms with Gasteiger partial charge in [0.05, 0.1) is 11.4 Å². The number of rotatable bonds is 4. The summed E-state index contributed by atoms with van der Waals surface area (Å²) in [7, 11) is 0. The lowest BCUT2D eigenvalue weighted by Crippen LogP contribution is -2.46. The number of nitrogens with zero attached hydrogens (tertiary/aromatic N) is 5. The fourth-order valence-corrected chi connectivity index (χ4v) is 3.20.